The zero-order valence-electron chi connectivity index (χ0n) is 8.82. The van der Waals surface area contributed by atoms with E-state index in [2.05, 4.69) is 13.8 Å². The molecule has 0 atom stereocenters. The van der Waals surface area contributed by atoms with Crippen LogP contribution in [0, 0.1) is 0 Å². The fourth-order valence-electron chi connectivity index (χ4n) is 1.41. The lowest BCUT2D eigenvalue weighted by molar-refractivity contribution is 0.0723. The summed E-state index contributed by atoms with van der Waals surface area (Å²) in [4.78, 5) is 13.7. The molecule has 0 aliphatic carbocycles. The molecule has 1 aromatic rings. The average Bonchev–Trinajstić information content (AvgIpc) is 2.69. The summed E-state index contributed by atoms with van der Waals surface area (Å²) in [6.45, 7) is 5.73. The lowest BCUT2D eigenvalue weighted by Gasteiger charge is -2.19. The number of furan rings is 1. The van der Waals surface area contributed by atoms with Crippen LogP contribution in [0.2, 0.25) is 0 Å². The monoisotopic (exact) mass is 195 g/mol. The third-order valence-electron chi connectivity index (χ3n) is 2.01. The molecule has 0 N–H and O–H groups in total. The van der Waals surface area contributed by atoms with E-state index in [0.717, 1.165) is 25.9 Å². The Labute approximate surface area is 84.7 Å². The molecule has 3 heteroatoms. The Balaban J connectivity index is 2.63. The van der Waals surface area contributed by atoms with E-state index in [-0.39, 0.29) is 5.91 Å². The molecular formula is C11H17NO2. The molecule has 0 aromatic carbocycles. The van der Waals surface area contributed by atoms with Crippen molar-refractivity contribution in [1.82, 2.24) is 4.90 Å². The lowest BCUT2D eigenvalue weighted by Crippen LogP contribution is -2.32. The minimum Gasteiger partial charge on any atom is -0.459 e. The summed E-state index contributed by atoms with van der Waals surface area (Å²) in [5, 5.41) is 0. The van der Waals surface area contributed by atoms with Gasteiger partial charge in [0.1, 0.15) is 0 Å². The summed E-state index contributed by atoms with van der Waals surface area (Å²) in [6.07, 6.45) is 3.49. The normalized spacial score (nSPS) is 10.1. The van der Waals surface area contributed by atoms with Gasteiger partial charge in [0, 0.05) is 13.1 Å². The van der Waals surface area contributed by atoms with Crippen molar-refractivity contribution in [3.63, 3.8) is 0 Å². The van der Waals surface area contributed by atoms with Crippen LogP contribution in [0.25, 0.3) is 0 Å². The first-order chi connectivity index (χ1) is 6.79. The van der Waals surface area contributed by atoms with Crippen molar-refractivity contribution >= 4 is 5.91 Å². The van der Waals surface area contributed by atoms with Crippen LogP contribution in [0.5, 0.6) is 0 Å². The van der Waals surface area contributed by atoms with Gasteiger partial charge in [-0.15, -0.1) is 0 Å². The first-order valence-corrected chi connectivity index (χ1v) is 5.12. The number of hydrogen-bond donors (Lipinski definition) is 0. The standard InChI is InChI=1S/C11H17NO2/c1-3-7-12(8-4-2)11(13)10-6-5-9-14-10/h5-6,9H,3-4,7-8H2,1-2H3. The van der Waals surface area contributed by atoms with E-state index in [4.69, 9.17) is 4.42 Å². The zero-order chi connectivity index (χ0) is 10.4. The molecule has 0 bridgehead atoms. The van der Waals surface area contributed by atoms with Gasteiger partial charge in [0.2, 0.25) is 0 Å². The summed E-state index contributed by atoms with van der Waals surface area (Å²) >= 11 is 0. The van der Waals surface area contributed by atoms with Gasteiger partial charge in [-0.3, -0.25) is 4.79 Å². The fraction of sp³-hybridized carbons (Fsp3) is 0.545. The second kappa shape index (κ2) is 5.47. The van der Waals surface area contributed by atoms with Gasteiger partial charge in [0.25, 0.3) is 5.91 Å². The van der Waals surface area contributed by atoms with E-state index in [0.29, 0.717) is 5.76 Å². The van der Waals surface area contributed by atoms with E-state index in [1.54, 1.807) is 12.1 Å². The van der Waals surface area contributed by atoms with Crippen molar-refractivity contribution in [2.75, 3.05) is 13.1 Å². The Morgan fingerprint density at radius 1 is 1.36 bits per heavy atom. The molecule has 1 heterocycles. The second-order valence-corrected chi connectivity index (χ2v) is 3.27. The molecule has 0 saturated carbocycles. The van der Waals surface area contributed by atoms with Gasteiger partial charge in [-0.1, -0.05) is 13.8 Å². The van der Waals surface area contributed by atoms with Gasteiger partial charge >= 0.3 is 0 Å². The maximum Gasteiger partial charge on any atom is 0.289 e. The van der Waals surface area contributed by atoms with Crippen LogP contribution in [0.1, 0.15) is 37.2 Å². The van der Waals surface area contributed by atoms with E-state index in [1.807, 2.05) is 4.90 Å². The van der Waals surface area contributed by atoms with Crippen LogP contribution < -0.4 is 0 Å². The zero-order valence-corrected chi connectivity index (χ0v) is 8.82. The Bertz CT molecular complexity index is 261. The van der Waals surface area contributed by atoms with Gasteiger partial charge in [0.05, 0.1) is 6.26 Å². The van der Waals surface area contributed by atoms with Crippen LogP contribution in [0.15, 0.2) is 22.8 Å². The van der Waals surface area contributed by atoms with Crippen molar-refractivity contribution in [1.29, 1.82) is 0 Å². The van der Waals surface area contributed by atoms with Crippen molar-refractivity contribution < 1.29 is 9.21 Å². The highest BCUT2D eigenvalue weighted by molar-refractivity contribution is 5.91. The van der Waals surface area contributed by atoms with Crippen molar-refractivity contribution in [3.05, 3.63) is 24.2 Å². The van der Waals surface area contributed by atoms with Gasteiger partial charge < -0.3 is 9.32 Å². The predicted molar refractivity (Wildman–Crippen MR) is 55.2 cm³/mol. The fourth-order valence-corrected chi connectivity index (χ4v) is 1.41. The molecule has 3 nitrogen and oxygen atoms in total. The molecule has 1 aromatic heterocycles. The molecule has 78 valence electrons. The summed E-state index contributed by atoms with van der Waals surface area (Å²) in [5.41, 5.74) is 0. The molecule has 1 amide bonds. The molecule has 0 radical (unpaired) electrons. The summed E-state index contributed by atoms with van der Waals surface area (Å²) in [6, 6.07) is 3.45. The van der Waals surface area contributed by atoms with Crippen LogP contribution in [-0.2, 0) is 0 Å². The van der Waals surface area contributed by atoms with Crippen LogP contribution in [-0.4, -0.2) is 23.9 Å². The summed E-state index contributed by atoms with van der Waals surface area (Å²) in [7, 11) is 0. The molecule has 0 aliphatic rings. The quantitative estimate of drug-likeness (QED) is 0.723. The smallest absolute Gasteiger partial charge is 0.289 e. The third-order valence-corrected chi connectivity index (χ3v) is 2.01. The van der Waals surface area contributed by atoms with E-state index >= 15 is 0 Å². The summed E-state index contributed by atoms with van der Waals surface area (Å²) < 4.78 is 5.08. The van der Waals surface area contributed by atoms with Crippen molar-refractivity contribution in [3.8, 4) is 0 Å². The first-order valence-electron chi connectivity index (χ1n) is 5.12. The van der Waals surface area contributed by atoms with Crippen molar-refractivity contribution in [2.45, 2.75) is 26.7 Å². The molecular weight excluding hydrogens is 178 g/mol. The number of carbonyl (C=O) groups is 1. The van der Waals surface area contributed by atoms with Crippen molar-refractivity contribution in [2.24, 2.45) is 0 Å². The SMILES string of the molecule is CCCN(CCC)C(=O)c1ccco1. The highest BCUT2D eigenvalue weighted by Crippen LogP contribution is 2.06. The number of carbonyl (C=O) groups excluding carboxylic acids is 1. The predicted octanol–water partition coefficient (Wildman–Crippen LogP) is 2.54. The molecule has 1 rings (SSSR count). The van der Waals surface area contributed by atoms with E-state index in [1.165, 1.54) is 6.26 Å². The minimum absolute atomic E-state index is 0.00120. The Morgan fingerprint density at radius 2 is 2.00 bits per heavy atom. The van der Waals surface area contributed by atoms with E-state index in [9.17, 15) is 4.79 Å². The van der Waals surface area contributed by atoms with Crippen LogP contribution >= 0.6 is 0 Å². The minimum atomic E-state index is -0.00120. The third kappa shape index (κ3) is 2.62. The summed E-state index contributed by atoms with van der Waals surface area (Å²) in [5.74, 6) is 0.436. The van der Waals surface area contributed by atoms with Gasteiger partial charge in [-0.25, -0.2) is 0 Å². The van der Waals surface area contributed by atoms with Crippen LogP contribution in [0.3, 0.4) is 0 Å². The average molecular weight is 195 g/mol. The lowest BCUT2D eigenvalue weighted by atomic mass is 10.3. The van der Waals surface area contributed by atoms with E-state index < -0.39 is 0 Å². The maximum absolute atomic E-state index is 11.8. The molecule has 0 aliphatic heterocycles. The number of rotatable bonds is 5. The molecule has 0 spiro atoms. The Kier molecular flexibility index (Phi) is 4.23. The van der Waals surface area contributed by atoms with Gasteiger partial charge in [0.15, 0.2) is 5.76 Å². The first kappa shape index (κ1) is 10.8. The molecule has 0 unspecified atom stereocenters. The number of hydrogen-bond acceptors (Lipinski definition) is 2. The topological polar surface area (TPSA) is 33.5 Å². The molecule has 0 fully saturated rings. The second-order valence-electron chi connectivity index (χ2n) is 3.27. The number of amides is 1. The van der Waals surface area contributed by atoms with Crippen LogP contribution in [0.4, 0.5) is 0 Å². The molecule has 0 saturated heterocycles. The maximum atomic E-state index is 11.8. The Hall–Kier alpha value is -1.25. The largest absolute Gasteiger partial charge is 0.459 e. The highest BCUT2D eigenvalue weighted by Gasteiger charge is 2.15. The molecule has 14 heavy (non-hydrogen) atoms. The Morgan fingerprint density at radius 3 is 2.43 bits per heavy atom. The highest BCUT2D eigenvalue weighted by atomic mass is 16.3. The van der Waals surface area contributed by atoms with Gasteiger partial charge in [-0.05, 0) is 25.0 Å². The van der Waals surface area contributed by atoms with Gasteiger partial charge in [-0.2, -0.15) is 0 Å². The number of nitrogens with zero attached hydrogens (tertiary/aromatic N) is 1.